The van der Waals surface area contributed by atoms with Gasteiger partial charge in [0.1, 0.15) is 6.04 Å². The quantitative estimate of drug-likeness (QED) is 0.559. The number of carbonyl (C=O) groups excluding carboxylic acids is 2. The zero-order valence-electron chi connectivity index (χ0n) is 12.4. The maximum absolute atomic E-state index is 11.9. The van der Waals surface area contributed by atoms with Gasteiger partial charge in [0, 0.05) is 12.5 Å². The van der Waals surface area contributed by atoms with Crippen molar-refractivity contribution in [1.29, 1.82) is 0 Å². The molecule has 0 spiro atoms. The minimum Gasteiger partial charge on any atom is -0.480 e. The summed E-state index contributed by atoms with van der Waals surface area (Å²) in [6, 6.07) is -1.49. The largest absolute Gasteiger partial charge is 0.480 e. The number of amides is 3. The Labute approximate surface area is 124 Å². The number of primary amides is 1. The van der Waals surface area contributed by atoms with Crippen LogP contribution in [-0.2, 0) is 9.59 Å². The molecule has 1 saturated carbocycles. The standard InChI is InChI=1S/C14H25N3O4/c1-2-9-5-3-4-6-10(9)16-14(21)17-11(13(19)20)7-8-12(15)18/h9-11H,2-8H2,1H3,(H2,15,18)(H,19,20)(H2,16,17,21). The third kappa shape index (κ3) is 6.01. The van der Waals surface area contributed by atoms with Crippen LogP contribution in [0.1, 0.15) is 51.9 Å². The molecule has 0 heterocycles. The lowest BCUT2D eigenvalue weighted by Gasteiger charge is -2.31. The molecule has 1 aliphatic carbocycles. The van der Waals surface area contributed by atoms with Crippen molar-refractivity contribution in [3.8, 4) is 0 Å². The second-order valence-electron chi connectivity index (χ2n) is 5.57. The van der Waals surface area contributed by atoms with E-state index >= 15 is 0 Å². The van der Waals surface area contributed by atoms with Crippen LogP contribution in [0.2, 0.25) is 0 Å². The highest BCUT2D eigenvalue weighted by molar-refractivity contribution is 5.83. The van der Waals surface area contributed by atoms with Crippen molar-refractivity contribution in [2.75, 3.05) is 0 Å². The van der Waals surface area contributed by atoms with Gasteiger partial charge >= 0.3 is 12.0 Å². The predicted octanol–water partition coefficient (Wildman–Crippen LogP) is 0.973. The molecule has 1 fully saturated rings. The van der Waals surface area contributed by atoms with Crippen LogP contribution in [-0.4, -0.2) is 35.1 Å². The average Bonchev–Trinajstić information content (AvgIpc) is 2.43. The second-order valence-corrected chi connectivity index (χ2v) is 5.57. The van der Waals surface area contributed by atoms with Crippen molar-refractivity contribution in [1.82, 2.24) is 10.6 Å². The summed E-state index contributed by atoms with van der Waals surface area (Å²) in [5.41, 5.74) is 5.00. The first-order valence-electron chi connectivity index (χ1n) is 7.52. The smallest absolute Gasteiger partial charge is 0.326 e. The number of nitrogens with one attached hydrogen (secondary N) is 2. The summed E-state index contributed by atoms with van der Waals surface area (Å²) in [4.78, 5) is 33.7. The normalized spacial score (nSPS) is 23.1. The number of carboxylic acids is 1. The van der Waals surface area contributed by atoms with E-state index in [-0.39, 0.29) is 18.9 Å². The number of aliphatic carboxylic acids is 1. The van der Waals surface area contributed by atoms with Gasteiger partial charge in [-0.05, 0) is 25.2 Å². The molecular weight excluding hydrogens is 274 g/mol. The second kappa shape index (κ2) is 8.49. The molecule has 5 N–H and O–H groups in total. The van der Waals surface area contributed by atoms with E-state index in [0.717, 1.165) is 25.7 Å². The summed E-state index contributed by atoms with van der Waals surface area (Å²) in [5.74, 6) is -1.30. The van der Waals surface area contributed by atoms with Crippen LogP contribution in [0.25, 0.3) is 0 Å². The van der Waals surface area contributed by atoms with Crippen LogP contribution in [0.15, 0.2) is 0 Å². The molecule has 0 aromatic heterocycles. The number of carboxylic acid groups (broad SMARTS) is 1. The van der Waals surface area contributed by atoms with Gasteiger partial charge < -0.3 is 21.5 Å². The molecule has 0 aromatic carbocycles. The topological polar surface area (TPSA) is 122 Å². The van der Waals surface area contributed by atoms with Gasteiger partial charge in [0.2, 0.25) is 5.91 Å². The SMILES string of the molecule is CCC1CCCCC1NC(=O)NC(CCC(N)=O)C(=O)O. The summed E-state index contributed by atoms with van der Waals surface area (Å²) in [5, 5.41) is 14.3. The first-order valence-corrected chi connectivity index (χ1v) is 7.52. The number of hydrogen-bond donors (Lipinski definition) is 4. The van der Waals surface area contributed by atoms with Gasteiger partial charge in [0.25, 0.3) is 0 Å². The molecule has 1 aliphatic rings. The van der Waals surface area contributed by atoms with E-state index in [1.54, 1.807) is 0 Å². The van der Waals surface area contributed by atoms with Crippen molar-refractivity contribution < 1.29 is 19.5 Å². The minimum atomic E-state index is -1.16. The fourth-order valence-electron chi connectivity index (χ4n) is 2.80. The first-order chi connectivity index (χ1) is 9.93. The number of urea groups is 1. The highest BCUT2D eigenvalue weighted by atomic mass is 16.4. The van der Waals surface area contributed by atoms with Gasteiger partial charge in [-0.3, -0.25) is 4.79 Å². The van der Waals surface area contributed by atoms with Gasteiger partial charge in [0.05, 0.1) is 0 Å². The molecule has 7 heteroatoms. The monoisotopic (exact) mass is 299 g/mol. The molecule has 21 heavy (non-hydrogen) atoms. The highest BCUT2D eigenvalue weighted by Crippen LogP contribution is 2.26. The molecule has 0 saturated heterocycles. The van der Waals surface area contributed by atoms with E-state index in [9.17, 15) is 14.4 Å². The zero-order valence-corrected chi connectivity index (χ0v) is 12.4. The van der Waals surface area contributed by atoms with E-state index < -0.39 is 23.9 Å². The Morgan fingerprint density at radius 3 is 2.52 bits per heavy atom. The van der Waals surface area contributed by atoms with Crippen LogP contribution < -0.4 is 16.4 Å². The molecular formula is C14H25N3O4. The Kier molecular flexibility index (Phi) is 6.98. The lowest BCUT2D eigenvalue weighted by atomic mass is 9.83. The fourth-order valence-corrected chi connectivity index (χ4v) is 2.80. The van der Waals surface area contributed by atoms with E-state index in [0.29, 0.717) is 5.92 Å². The number of carbonyl (C=O) groups is 3. The maximum Gasteiger partial charge on any atom is 0.326 e. The third-order valence-corrected chi connectivity index (χ3v) is 4.03. The van der Waals surface area contributed by atoms with Crippen LogP contribution in [0.5, 0.6) is 0 Å². The van der Waals surface area contributed by atoms with Gasteiger partial charge in [-0.1, -0.05) is 26.2 Å². The number of hydrogen-bond acceptors (Lipinski definition) is 3. The van der Waals surface area contributed by atoms with Gasteiger partial charge in [-0.25, -0.2) is 9.59 Å². The lowest BCUT2D eigenvalue weighted by molar-refractivity contribution is -0.139. The van der Waals surface area contributed by atoms with Crippen LogP contribution in [0.4, 0.5) is 4.79 Å². The summed E-state index contributed by atoms with van der Waals surface area (Å²) in [6.45, 7) is 2.09. The molecule has 1 rings (SSSR count). The molecule has 120 valence electrons. The third-order valence-electron chi connectivity index (χ3n) is 4.03. The molecule has 0 bridgehead atoms. The van der Waals surface area contributed by atoms with E-state index in [1.807, 2.05) is 0 Å². The highest BCUT2D eigenvalue weighted by Gasteiger charge is 2.27. The molecule has 3 amide bonds. The van der Waals surface area contributed by atoms with Crippen molar-refractivity contribution in [3.05, 3.63) is 0 Å². The molecule has 0 aliphatic heterocycles. The van der Waals surface area contributed by atoms with Crippen molar-refractivity contribution in [3.63, 3.8) is 0 Å². The summed E-state index contributed by atoms with van der Waals surface area (Å²) in [6.07, 6.45) is 5.18. The van der Waals surface area contributed by atoms with Crippen LogP contribution in [0, 0.1) is 5.92 Å². The molecule has 0 radical (unpaired) electrons. The Morgan fingerprint density at radius 1 is 1.29 bits per heavy atom. The first kappa shape index (κ1) is 17.3. The zero-order chi connectivity index (χ0) is 15.8. The Morgan fingerprint density at radius 2 is 1.95 bits per heavy atom. The number of rotatable bonds is 7. The lowest BCUT2D eigenvalue weighted by Crippen LogP contribution is -2.51. The molecule has 7 nitrogen and oxygen atoms in total. The number of nitrogens with two attached hydrogens (primary N) is 1. The van der Waals surface area contributed by atoms with E-state index in [4.69, 9.17) is 10.8 Å². The summed E-state index contributed by atoms with van der Waals surface area (Å²) < 4.78 is 0. The van der Waals surface area contributed by atoms with Crippen LogP contribution >= 0.6 is 0 Å². The van der Waals surface area contributed by atoms with E-state index in [1.165, 1.54) is 6.42 Å². The van der Waals surface area contributed by atoms with Gasteiger partial charge in [0.15, 0.2) is 0 Å². The molecule has 0 aromatic rings. The maximum atomic E-state index is 11.9. The van der Waals surface area contributed by atoms with Crippen molar-refractivity contribution >= 4 is 17.9 Å². The molecule has 3 unspecified atom stereocenters. The minimum absolute atomic E-state index is 0.0000400. The Hall–Kier alpha value is -1.79. The Bertz CT molecular complexity index is 386. The van der Waals surface area contributed by atoms with Gasteiger partial charge in [-0.15, -0.1) is 0 Å². The molecule has 3 atom stereocenters. The summed E-state index contributed by atoms with van der Waals surface area (Å²) >= 11 is 0. The average molecular weight is 299 g/mol. The van der Waals surface area contributed by atoms with Crippen LogP contribution in [0.3, 0.4) is 0 Å². The van der Waals surface area contributed by atoms with Crippen molar-refractivity contribution in [2.24, 2.45) is 11.7 Å². The Balaban J connectivity index is 2.48. The van der Waals surface area contributed by atoms with Gasteiger partial charge in [-0.2, -0.15) is 0 Å². The fraction of sp³-hybridized carbons (Fsp3) is 0.786. The predicted molar refractivity (Wildman–Crippen MR) is 77.6 cm³/mol. The van der Waals surface area contributed by atoms with E-state index in [2.05, 4.69) is 17.6 Å². The summed E-state index contributed by atoms with van der Waals surface area (Å²) in [7, 11) is 0. The van der Waals surface area contributed by atoms with Crippen molar-refractivity contribution in [2.45, 2.75) is 64.0 Å².